The fraction of sp³-hybridized carbons (Fsp3) is 0.333. The smallest absolute Gasteiger partial charge is 0.550 e. The summed E-state index contributed by atoms with van der Waals surface area (Å²) in [6.45, 7) is 0. The molecule has 2 aromatic carbocycles. The molecule has 3 atom stereocenters. The SMILES string of the molecule is O=C([O-])C[C@H](O)C[C@H](O)/C=C/c1c2c(nn1-c1ccc(F)cc1)C(Cc1ccc(Cl)cc1)CCC2.[Na+]. The zero-order valence-electron chi connectivity index (χ0n) is 20.1. The Bertz CT molecular complexity index is 1200. The van der Waals surface area contributed by atoms with Gasteiger partial charge in [-0.1, -0.05) is 29.8 Å². The molecule has 36 heavy (non-hydrogen) atoms. The Balaban J connectivity index is 0.00000361. The molecule has 0 spiro atoms. The van der Waals surface area contributed by atoms with Crippen molar-refractivity contribution in [3.63, 3.8) is 0 Å². The number of fused-ring (bicyclic) bond motifs is 1. The molecule has 2 N–H and O–H groups in total. The van der Waals surface area contributed by atoms with E-state index in [1.807, 2.05) is 24.3 Å². The average Bonchev–Trinajstić information content (AvgIpc) is 3.18. The largest absolute Gasteiger partial charge is 1.00 e. The first-order valence-corrected chi connectivity index (χ1v) is 12.0. The number of aliphatic hydroxyl groups excluding tert-OH is 2. The zero-order chi connectivity index (χ0) is 24.9. The number of carbonyl (C=O) groups is 1. The normalized spacial score (nSPS) is 16.8. The minimum atomic E-state index is -1.37. The van der Waals surface area contributed by atoms with Crippen LogP contribution < -0.4 is 34.7 Å². The fourth-order valence-electron chi connectivity index (χ4n) is 4.62. The van der Waals surface area contributed by atoms with Crippen molar-refractivity contribution in [3.8, 4) is 5.69 Å². The van der Waals surface area contributed by atoms with Crippen molar-refractivity contribution in [1.29, 1.82) is 0 Å². The molecular formula is C27H27ClFN2NaO4. The molecule has 1 aliphatic carbocycles. The number of rotatable bonds is 9. The molecule has 1 aromatic heterocycles. The molecule has 0 saturated heterocycles. The number of halogens is 2. The van der Waals surface area contributed by atoms with E-state index in [-0.39, 0.29) is 47.7 Å². The van der Waals surface area contributed by atoms with Gasteiger partial charge in [0, 0.05) is 35.3 Å². The van der Waals surface area contributed by atoms with E-state index in [9.17, 15) is 24.5 Å². The number of carboxylic acids is 1. The van der Waals surface area contributed by atoms with Crippen LogP contribution in [-0.4, -0.2) is 38.2 Å². The average molecular weight is 521 g/mol. The van der Waals surface area contributed by atoms with Crippen LogP contribution >= 0.6 is 11.6 Å². The second-order valence-electron chi connectivity index (χ2n) is 8.95. The van der Waals surface area contributed by atoms with Crippen molar-refractivity contribution in [2.75, 3.05) is 0 Å². The maximum atomic E-state index is 13.6. The summed E-state index contributed by atoms with van der Waals surface area (Å²) in [6.07, 6.45) is 3.93. The van der Waals surface area contributed by atoms with Crippen LogP contribution in [0.15, 0.2) is 54.6 Å². The Morgan fingerprint density at radius 3 is 2.56 bits per heavy atom. The van der Waals surface area contributed by atoms with Gasteiger partial charge >= 0.3 is 29.6 Å². The summed E-state index contributed by atoms with van der Waals surface area (Å²) in [5, 5.41) is 36.5. The number of benzene rings is 2. The van der Waals surface area contributed by atoms with Crippen LogP contribution in [0.4, 0.5) is 4.39 Å². The third kappa shape index (κ3) is 7.28. The molecule has 6 nitrogen and oxygen atoms in total. The van der Waals surface area contributed by atoms with Gasteiger partial charge in [0.25, 0.3) is 0 Å². The Morgan fingerprint density at radius 2 is 1.89 bits per heavy atom. The number of aromatic nitrogens is 2. The third-order valence-electron chi connectivity index (χ3n) is 6.28. The van der Waals surface area contributed by atoms with E-state index in [1.54, 1.807) is 22.9 Å². The second kappa shape index (κ2) is 13.0. The Morgan fingerprint density at radius 1 is 1.19 bits per heavy atom. The van der Waals surface area contributed by atoms with Gasteiger partial charge in [0.1, 0.15) is 5.82 Å². The minimum absolute atomic E-state index is 0. The van der Waals surface area contributed by atoms with Crippen LogP contribution in [0.1, 0.15) is 54.1 Å². The second-order valence-corrected chi connectivity index (χ2v) is 9.39. The summed E-state index contributed by atoms with van der Waals surface area (Å²) in [4.78, 5) is 10.7. The fourth-order valence-corrected chi connectivity index (χ4v) is 4.74. The van der Waals surface area contributed by atoms with Gasteiger partial charge in [-0.3, -0.25) is 0 Å². The summed E-state index contributed by atoms with van der Waals surface area (Å²) in [6, 6.07) is 13.8. The number of carbonyl (C=O) groups excluding carboxylic acids is 1. The molecule has 0 radical (unpaired) electrons. The summed E-state index contributed by atoms with van der Waals surface area (Å²) in [7, 11) is 0. The molecule has 0 saturated carbocycles. The van der Waals surface area contributed by atoms with Gasteiger partial charge in [-0.05, 0) is 73.7 Å². The molecule has 0 fully saturated rings. The van der Waals surface area contributed by atoms with Gasteiger partial charge < -0.3 is 20.1 Å². The Hall–Kier alpha value is -2.00. The predicted octanol–water partition coefficient (Wildman–Crippen LogP) is 0.596. The Labute approximate surface area is 236 Å². The topological polar surface area (TPSA) is 98.4 Å². The quantitative estimate of drug-likeness (QED) is 0.403. The first-order chi connectivity index (χ1) is 16.8. The maximum absolute atomic E-state index is 13.6. The summed E-state index contributed by atoms with van der Waals surface area (Å²) in [5.41, 5.74) is 4.68. The van der Waals surface area contributed by atoms with Crippen LogP contribution in [0.25, 0.3) is 11.8 Å². The number of carboxylic acid groups (broad SMARTS) is 1. The van der Waals surface area contributed by atoms with E-state index in [0.717, 1.165) is 48.2 Å². The Kier molecular flexibility index (Phi) is 10.3. The molecule has 3 aromatic rings. The predicted molar refractivity (Wildman–Crippen MR) is 130 cm³/mol. The number of aliphatic hydroxyl groups is 2. The minimum Gasteiger partial charge on any atom is -0.550 e. The van der Waals surface area contributed by atoms with Crippen LogP contribution in [0, 0.1) is 5.82 Å². The van der Waals surface area contributed by atoms with Crippen LogP contribution in [-0.2, 0) is 17.6 Å². The van der Waals surface area contributed by atoms with Gasteiger partial charge in [-0.2, -0.15) is 5.10 Å². The van der Waals surface area contributed by atoms with Gasteiger partial charge in [-0.25, -0.2) is 9.07 Å². The van der Waals surface area contributed by atoms with Crippen molar-refractivity contribution in [1.82, 2.24) is 9.78 Å². The molecule has 4 rings (SSSR count). The van der Waals surface area contributed by atoms with E-state index >= 15 is 0 Å². The summed E-state index contributed by atoms with van der Waals surface area (Å²) >= 11 is 6.04. The van der Waals surface area contributed by atoms with E-state index in [4.69, 9.17) is 16.7 Å². The third-order valence-corrected chi connectivity index (χ3v) is 6.53. The number of hydrogen-bond acceptors (Lipinski definition) is 5. The van der Waals surface area contributed by atoms with Gasteiger partial charge in [-0.15, -0.1) is 0 Å². The standard InChI is InChI=1S/C27H28ClFN2O4.Na/c28-19-6-4-17(5-7-19)14-18-2-1-3-24-25(13-12-22(32)15-23(33)16-26(34)35)31(30-27(18)24)21-10-8-20(29)9-11-21;/h4-13,18,22-23,32-33H,1-3,14-16H2,(H,34,35);/q;+1/p-1/b13-12+;/t18?,22-,23-;/m1./s1. The van der Waals surface area contributed by atoms with Crippen molar-refractivity contribution in [2.45, 2.75) is 56.7 Å². The molecule has 184 valence electrons. The van der Waals surface area contributed by atoms with Crippen molar-refractivity contribution >= 4 is 23.6 Å². The number of hydrogen-bond donors (Lipinski definition) is 2. The molecule has 0 bridgehead atoms. The van der Waals surface area contributed by atoms with Crippen molar-refractivity contribution in [3.05, 3.63) is 88.0 Å². The molecule has 0 amide bonds. The van der Waals surface area contributed by atoms with E-state index < -0.39 is 24.6 Å². The van der Waals surface area contributed by atoms with Gasteiger partial charge in [0.05, 0.1) is 29.3 Å². The summed E-state index contributed by atoms with van der Waals surface area (Å²) < 4.78 is 15.3. The van der Waals surface area contributed by atoms with Crippen molar-refractivity contribution in [2.24, 2.45) is 0 Å². The van der Waals surface area contributed by atoms with E-state index in [2.05, 4.69) is 0 Å². The van der Waals surface area contributed by atoms with Gasteiger partial charge in [0.2, 0.25) is 0 Å². The number of nitrogens with zero attached hydrogens (tertiary/aromatic N) is 2. The molecule has 0 aliphatic heterocycles. The first-order valence-electron chi connectivity index (χ1n) is 11.7. The van der Waals surface area contributed by atoms with Crippen molar-refractivity contribution < 1.29 is 54.1 Å². The van der Waals surface area contributed by atoms with E-state index in [1.165, 1.54) is 18.2 Å². The molecular weight excluding hydrogens is 494 g/mol. The monoisotopic (exact) mass is 520 g/mol. The molecule has 1 unspecified atom stereocenters. The van der Waals surface area contributed by atoms with Crippen LogP contribution in [0.5, 0.6) is 0 Å². The van der Waals surface area contributed by atoms with Gasteiger partial charge in [0.15, 0.2) is 0 Å². The van der Waals surface area contributed by atoms with Crippen LogP contribution in [0.3, 0.4) is 0 Å². The zero-order valence-corrected chi connectivity index (χ0v) is 22.9. The molecule has 1 aliphatic rings. The first kappa shape index (κ1) is 28.6. The van der Waals surface area contributed by atoms with Crippen LogP contribution in [0.2, 0.25) is 5.02 Å². The summed E-state index contributed by atoms with van der Waals surface area (Å²) in [5.74, 6) is -1.52. The number of aliphatic carboxylic acids is 1. The molecule has 9 heteroatoms. The van der Waals surface area contributed by atoms with E-state index in [0.29, 0.717) is 10.7 Å². The maximum Gasteiger partial charge on any atom is 1.00 e. The molecule has 1 heterocycles.